The molecule has 0 aliphatic carbocycles. The molecule has 1 N–H and O–H groups in total. The minimum absolute atomic E-state index is 0.487. The van der Waals surface area contributed by atoms with E-state index < -0.39 is 6.10 Å². The van der Waals surface area contributed by atoms with Gasteiger partial charge in [-0.15, -0.1) is 0 Å². The van der Waals surface area contributed by atoms with Gasteiger partial charge < -0.3 is 9.67 Å². The standard InChI is InChI=1S/C15H20N2O/c1-3-17-11-10-16-15(17)14(18)9-8-13-7-5-4-6-12(13)2/h4-7,10-11,14,18H,3,8-9H2,1-2H3. The number of rotatable bonds is 5. The van der Waals surface area contributed by atoms with Crippen LogP contribution in [0.3, 0.4) is 0 Å². The second kappa shape index (κ2) is 5.83. The van der Waals surface area contributed by atoms with Crippen LogP contribution in [0.4, 0.5) is 0 Å². The summed E-state index contributed by atoms with van der Waals surface area (Å²) in [5.74, 6) is 0.770. The number of hydrogen-bond donors (Lipinski definition) is 1. The van der Waals surface area contributed by atoms with Gasteiger partial charge in [-0.3, -0.25) is 0 Å². The number of aliphatic hydroxyl groups is 1. The van der Waals surface area contributed by atoms with Gasteiger partial charge in [-0.2, -0.15) is 0 Å². The van der Waals surface area contributed by atoms with Crippen molar-refractivity contribution in [3.63, 3.8) is 0 Å². The maximum atomic E-state index is 10.2. The first-order chi connectivity index (χ1) is 8.72. The molecular weight excluding hydrogens is 224 g/mol. The topological polar surface area (TPSA) is 38.0 Å². The van der Waals surface area contributed by atoms with Crippen LogP contribution in [0, 0.1) is 6.92 Å². The molecule has 1 aromatic carbocycles. The number of imidazole rings is 1. The van der Waals surface area contributed by atoms with Crippen molar-refractivity contribution in [3.05, 3.63) is 53.6 Å². The van der Waals surface area contributed by atoms with Crippen LogP contribution in [0.2, 0.25) is 0 Å². The molecule has 0 amide bonds. The highest BCUT2D eigenvalue weighted by atomic mass is 16.3. The predicted octanol–water partition coefficient (Wildman–Crippen LogP) is 2.88. The van der Waals surface area contributed by atoms with Crippen LogP contribution in [-0.2, 0) is 13.0 Å². The molecule has 1 atom stereocenters. The normalized spacial score (nSPS) is 12.6. The lowest BCUT2D eigenvalue weighted by atomic mass is 10.0. The zero-order valence-corrected chi connectivity index (χ0v) is 11.0. The Morgan fingerprint density at radius 2 is 2.11 bits per heavy atom. The van der Waals surface area contributed by atoms with E-state index in [1.54, 1.807) is 6.20 Å². The first-order valence-electron chi connectivity index (χ1n) is 6.46. The van der Waals surface area contributed by atoms with Gasteiger partial charge in [0.1, 0.15) is 11.9 Å². The molecular formula is C15H20N2O. The fraction of sp³-hybridized carbons (Fsp3) is 0.400. The van der Waals surface area contributed by atoms with Crippen molar-refractivity contribution in [2.75, 3.05) is 0 Å². The largest absolute Gasteiger partial charge is 0.385 e. The molecule has 3 heteroatoms. The quantitative estimate of drug-likeness (QED) is 0.878. The molecule has 1 unspecified atom stereocenters. The van der Waals surface area contributed by atoms with Crippen molar-refractivity contribution in [3.8, 4) is 0 Å². The van der Waals surface area contributed by atoms with E-state index in [1.165, 1.54) is 11.1 Å². The van der Waals surface area contributed by atoms with Gasteiger partial charge in [0, 0.05) is 18.9 Å². The summed E-state index contributed by atoms with van der Waals surface area (Å²) in [4.78, 5) is 4.23. The molecule has 1 aromatic heterocycles. The first-order valence-corrected chi connectivity index (χ1v) is 6.46. The summed E-state index contributed by atoms with van der Waals surface area (Å²) in [6.45, 7) is 5.00. The summed E-state index contributed by atoms with van der Waals surface area (Å²) in [5.41, 5.74) is 2.58. The lowest BCUT2D eigenvalue weighted by molar-refractivity contribution is 0.153. The minimum Gasteiger partial charge on any atom is -0.385 e. The van der Waals surface area contributed by atoms with E-state index >= 15 is 0 Å². The van der Waals surface area contributed by atoms with Crippen LogP contribution in [0.25, 0.3) is 0 Å². The first kappa shape index (κ1) is 12.8. The van der Waals surface area contributed by atoms with Gasteiger partial charge >= 0.3 is 0 Å². The molecule has 1 heterocycles. The second-order valence-corrected chi connectivity index (χ2v) is 4.55. The maximum absolute atomic E-state index is 10.2. The van der Waals surface area contributed by atoms with E-state index in [2.05, 4.69) is 31.0 Å². The summed E-state index contributed by atoms with van der Waals surface area (Å²) in [6.07, 6.45) is 4.76. The highest BCUT2D eigenvalue weighted by Gasteiger charge is 2.13. The molecule has 0 aliphatic heterocycles. The monoisotopic (exact) mass is 244 g/mol. The van der Waals surface area contributed by atoms with Gasteiger partial charge in [-0.05, 0) is 37.8 Å². The third-order valence-electron chi connectivity index (χ3n) is 3.33. The summed E-state index contributed by atoms with van der Waals surface area (Å²) in [5, 5.41) is 10.2. The molecule has 18 heavy (non-hydrogen) atoms. The molecule has 2 rings (SSSR count). The number of nitrogens with zero attached hydrogens (tertiary/aromatic N) is 2. The fourth-order valence-electron chi connectivity index (χ4n) is 2.20. The Balaban J connectivity index is 2.01. The third-order valence-corrected chi connectivity index (χ3v) is 3.33. The van der Waals surface area contributed by atoms with Gasteiger partial charge in [0.25, 0.3) is 0 Å². The zero-order chi connectivity index (χ0) is 13.0. The third kappa shape index (κ3) is 2.79. The predicted molar refractivity (Wildman–Crippen MR) is 72.4 cm³/mol. The summed E-state index contributed by atoms with van der Waals surface area (Å²) in [6, 6.07) is 8.31. The Bertz CT molecular complexity index is 505. The molecule has 0 aliphatic rings. The lowest BCUT2D eigenvalue weighted by Gasteiger charge is -2.12. The van der Waals surface area contributed by atoms with Crippen LogP contribution in [-0.4, -0.2) is 14.7 Å². The molecule has 0 fully saturated rings. The Labute approximate surface area is 108 Å². The van der Waals surface area contributed by atoms with Crippen LogP contribution in [0.15, 0.2) is 36.7 Å². The highest BCUT2D eigenvalue weighted by molar-refractivity contribution is 5.25. The molecule has 96 valence electrons. The van der Waals surface area contributed by atoms with E-state index in [9.17, 15) is 5.11 Å². The van der Waals surface area contributed by atoms with Crippen molar-refractivity contribution in [1.82, 2.24) is 9.55 Å². The maximum Gasteiger partial charge on any atom is 0.137 e. The molecule has 0 saturated carbocycles. The minimum atomic E-state index is -0.487. The van der Waals surface area contributed by atoms with E-state index in [4.69, 9.17) is 0 Å². The van der Waals surface area contributed by atoms with Crippen LogP contribution >= 0.6 is 0 Å². The van der Waals surface area contributed by atoms with E-state index in [-0.39, 0.29) is 0 Å². The number of aliphatic hydroxyl groups excluding tert-OH is 1. The number of benzene rings is 1. The number of aromatic nitrogens is 2. The fourth-order valence-corrected chi connectivity index (χ4v) is 2.20. The Morgan fingerprint density at radius 1 is 1.33 bits per heavy atom. The molecule has 0 radical (unpaired) electrons. The number of aryl methyl sites for hydroxylation is 3. The van der Waals surface area contributed by atoms with E-state index in [1.807, 2.05) is 22.9 Å². The summed E-state index contributed by atoms with van der Waals surface area (Å²) >= 11 is 0. The van der Waals surface area contributed by atoms with Crippen molar-refractivity contribution in [2.45, 2.75) is 39.3 Å². The van der Waals surface area contributed by atoms with Crippen LogP contribution in [0.5, 0.6) is 0 Å². The Morgan fingerprint density at radius 3 is 2.83 bits per heavy atom. The van der Waals surface area contributed by atoms with Gasteiger partial charge in [0.2, 0.25) is 0 Å². The van der Waals surface area contributed by atoms with Gasteiger partial charge in [-0.1, -0.05) is 24.3 Å². The van der Waals surface area contributed by atoms with Gasteiger partial charge in [0.05, 0.1) is 0 Å². The van der Waals surface area contributed by atoms with Gasteiger partial charge in [0.15, 0.2) is 0 Å². The zero-order valence-electron chi connectivity index (χ0n) is 11.0. The average molecular weight is 244 g/mol. The summed E-state index contributed by atoms with van der Waals surface area (Å²) in [7, 11) is 0. The second-order valence-electron chi connectivity index (χ2n) is 4.55. The van der Waals surface area contributed by atoms with Crippen LogP contribution < -0.4 is 0 Å². The average Bonchev–Trinajstić information content (AvgIpc) is 2.86. The van der Waals surface area contributed by atoms with E-state index in [0.717, 1.165) is 18.8 Å². The Hall–Kier alpha value is -1.61. The smallest absolute Gasteiger partial charge is 0.137 e. The van der Waals surface area contributed by atoms with Gasteiger partial charge in [-0.25, -0.2) is 4.98 Å². The molecule has 2 aromatic rings. The SMILES string of the molecule is CCn1ccnc1C(O)CCc1ccccc1C. The van der Waals surface area contributed by atoms with Crippen molar-refractivity contribution in [2.24, 2.45) is 0 Å². The van der Waals surface area contributed by atoms with Crippen LogP contribution in [0.1, 0.15) is 36.4 Å². The summed E-state index contributed by atoms with van der Waals surface area (Å²) < 4.78 is 1.99. The van der Waals surface area contributed by atoms with E-state index in [0.29, 0.717) is 6.42 Å². The highest BCUT2D eigenvalue weighted by Crippen LogP contribution is 2.19. The molecule has 0 bridgehead atoms. The van der Waals surface area contributed by atoms with Crippen molar-refractivity contribution < 1.29 is 5.11 Å². The Kier molecular flexibility index (Phi) is 4.15. The van der Waals surface area contributed by atoms with Crippen molar-refractivity contribution >= 4 is 0 Å². The molecule has 3 nitrogen and oxygen atoms in total. The lowest BCUT2D eigenvalue weighted by Crippen LogP contribution is -2.08. The molecule has 0 spiro atoms. The molecule has 0 saturated heterocycles. The van der Waals surface area contributed by atoms with Crippen molar-refractivity contribution in [1.29, 1.82) is 0 Å². The number of hydrogen-bond acceptors (Lipinski definition) is 2.